The molecule has 0 atom stereocenters. The monoisotopic (exact) mass is 346 g/mol. The molecule has 0 saturated heterocycles. The van der Waals surface area contributed by atoms with Crippen LogP contribution in [0.2, 0.25) is 0 Å². The van der Waals surface area contributed by atoms with Gasteiger partial charge in [-0.05, 0) is 37.5 Å². The first-order valence-electron chi connectivity index (χ1n) is 8.54. The minimum atomic E-state index is 0.343. The first-order valence-corrected chi connectivity index (χ1v) is 8.54. The van der Waals surface area contributed by atoms with E-state index in [1.807, 2.05) is 25.1 Å². The maximum Gasteiger partial charge on any atom is 0.151 e. The molecule has 0 bridgehead atoms. The molecule has 0 aliphatic heterocycles. The van der Waals surface area contributed by atoms with Crippen molar-refractivity contribution in [3.8, 4) is 0 Å². The third kappa shape index (κ3) is 3.91. The van der Waals surface area contributed by atoms with Crippen molar-refractivity contribution in [1.82, 2.24) is 9.97 Å². The van der Waals surface area contributed by atoms with E-state index in [1.54, 1.807) is 24.5 Å². The number of nitrogens with zero attached hydrogens (tertiary/aromatic N) is 4. The Balaban J connectivity index is 1.88. The molecule has 2 aromatic heterocycles. The summed E-state index contributed by atoms with van der Waals surface area (Å²) in [6.07, 6.45) is 4.05. The van der Waals surface area contributed by atoms with Gasteiger partial charge in [0.05, 0.1) is 17.6 Å². The lowest BCUT2D eigenvalue weighted by Crippen LogP contribution is -2.05. The lowest BCUT2D eigenvalue weighted by Gasteiger charge is -2.06. The zero-order valence-corrected chi connectivity index (χ0v) is 15.2. The zero-order valence-electron chi connectivity index (χ0n) is 15.2. The number of anilines is 1. The summed E-state index contributed by atoms with van der Waals surface area (Å²) in [6, 6.07) is 9.65. The second kappa shape index (κ2) is 7.39. The van der Waals surface area contributed by atoms with Crippen LogP contribution in [0.25, 0.3) is 10.8 Å². The zero-order chi connectivity index (χ0) is 18.7. The van der Waals surface area contributed by atoms with Gasteiger partial charge in [0.2, 0.25) is 0 Å². The molecule has 132 valence electrons. The molecule has 1 aromatic carbocycles. The number of hydrogen-bond acceptors (Lipinski definition) is 6. The second-order valence-corrected chi connectivity index (χ2v) is 6.76. The van der Waals surface area contributed by atoms with Gasteiger partial charge in [0.15, 0.2) is 5.82 Å². The summed E-state index contributed by atoms with van der Waals surface area (Å²) in [5, 5.41) is 18.5. The highest BCUT2D eigenvalue weighted by Gasteiger charge is 2.08. The van der Waals surface area contributed by atoms with Gasteiger partial charge in [-0.2, -0.15) is 0 Å². The van der Waals surface area contributed by atoms with Gasteiger partial charge in [-0.3, -0.25) is 4.98 Å². The molecule has 0 radical (unpaired) electrons. The second-order valence-electron chi connectivity index (χ2n) is 6.76. The average Bonchev–Trinajstić information content (AvgIpc) is 2.60. The van der Waals surface area contributed by atoms with Crippen molar-refractivity contribution in [2.24, 2.45) is 16.1 Å². The number of nitrogen functional groups attached to an aromatic ring is 1. The van der Waals surface area contributed by atoms with Gasteiger partial charge in [0.1, 0.15) is 11.4 Å². The number of azo groups is 1. The molecule has 26 heavy (non-hydrogen) atoms. The van der Waals surface area contributed by atoms with E-state index >= 15 is 0 Å². The van der Waals surface area contributed by atoms with E-state index in [2.05, 4.69) is 34.0 Å². The molecule has 3 aromatic rings. The lowest BCUT2D eigenvalue weighted by atomic mass is 10.0. The summed E-state index contributed by atoms with van der Waals surface area (Å²) in [7, 11) is 0. The molecule has 0 aliphatic rings. The first kappa shape index (κ1) is 17.7. The number of benzene rings is 1. The maximum atomic E-state index is 8.06. The van der Waals surface area contributed by atoms with E-state index in [-0.39, 0.29) is 0 Å². The Bertz CT molecular complexity index is 968. The first-order chi connectivity index (χ1) is 12.4. The van der Waals surface area contributed by atoms with Gasteiger partial charge in [-0.1, -0.05) is 31.5 Å². The van der Waals surface area contributed by atoms with Crippen LogP contribution in [0.15, 0.2) is 53.0 Å². The van der Waals surface area contributed by atoms with Crippen LogP contribution in [0, 0.1) is 18.3 Å². The molecule has 0 saturated carbocycles. The fourth-order valence-electron chi connectivity index (χ4n) is 2.68. The van der Waals surface area contributed by atoms with Crippen molar-refractivity contribution < 1.29 is 0 Å². The Morgan fingerprint density at radius 2 is 1.92 bits per heavy atom. The van der Waals surface area contributed by atoms with Crippen molar-refractivity contribution in [2.75, 3.05) is 5.73 Å². The summed E-state index contributed by atoms with van der Waals surface area (Å²) in [4.78, 5) is 8.51. The number of pyridine rings is 2. The normalized spacial score (nSPS) is 11.5. The minimum absolute atomic E-state index is 0.343. The Labute approximate surface area is 152 Å². The van der Waals surface area contributed by atoms with Crippen molar-refractivity contribution in [3.05, 3.63) is 54.0 Å². The Kier molecular flexibility index (Phi) is 5.02. The highest BCUT2D eigenvalue weighted by Crippen LogP contribution is 2.32. The number of aryl methyl sites for hydroxylation is 1. The summed E-state index contributed by atoms with van der Waals surface area (Å²) in [5.41, 5.74) is 9.48. The fourth-order valence-corrected chi connectivity index (χ4v) is 2.68. The van der Waals surface area contributed by atoms with E-state index in [9.17, 15) is 0 Å². The van der Waals surface area contributed by atoms with Gasteiger partial charge in [0, 0.05) is 17.0 Å². The van der Waals surface area contributed by atoms with E-state index in [4.69, 9.17) is 11.1 Å². The standard InChI is InChI=1S/C20H22N6/c1-12(2)8-17(21)18-7-6-15(11-23-18)25-26-19-16-9-13(3)4-5-14(16)10-24-20(19)22/h4-7,9-12,21H,8H2,1-3H3,(H2,22,24). The van der Waals surface area contributed by atoms with Gasteiger partial charge in [-0.15, -0.1) is 10.2 Å². The summed E-state index contributed by atoms with van der Waals surface area (Å²) in [6.45, 7) is 6.19. The molecule has 0 fully saturated rings. The van der Waals surface area contributed by atoms with Crippen LogP contribution in [0.3, 0.4) is 0 Å². The van der Waals surface area contributed by atoms with Crippen LogP contribution in [0.5, 0.6) is 0 Å². The van der Waals surface area contributed by atoms with Crippen molar-refractivity contribution in [2.45, 2.75) is 27.2 Å². The van der Waals surface area contributed by atoms with E-state index in [0.29, 0.717) is 40.9 Å². The van der Waals surface area contributed by atoms with E-state index in [1.165, 1.54) is 0 Å². The molecule has 3 N–H and O–H groups in total. The highest BCUT2D eigenvalue weighted by molar-refractivity contribution is 5.97. The van der Waals surface area contributed by atoms with Crippen LogP contribution in [0.4, 0.5) is 17.2 Å². The molecule has 6 nitrogen and oxygen atoms in total. The number of fused-ring (bicyclic) bond motifs is 1. The minimum Gasteiger partial charge on any atom is -0.382 e. The van der Waals surface area contributed by atoms with Gasteiger partial charge in [-0.25, -0.2) is 4.98 Å². The lowest BCUT2D eigenvalue weighted by molar-refractivity contribution is 0.681. The third-order valence-corrected chi connectivity index (χ3v) is 3.98. The summed E-state index contributed by atoms with van der Waals surface area (Å²) in [5.74, 6) is 0.768. The number of nitrogens with one attached hydrogen (secondary N) is 1. The maximum absolute atomic E-state index is 8.06. The molecule has 3 rings (SSSR count). The molecule has 0 amide bonds. The number of hydrogen-bond donors (Lipinski definition) is 2. The average molecular weight is 346 g/mol. The Morgan fingerprint density at radius 1 is 1.12 bits per heavy atom. The summed E-state index contributed by atoms with van der Waals surface area (Å²) >= 11 is 0. The van der Waals surface area contributed by atoms with Crippen molar-refractivity contribution in [3.63, 3.8) is 0 Å². The predicted molar refractivity (Wildman–Crippen MR) is 106 cm³/mol. The van der Waals surface area contributed by atoms with Crippen LogP contribution in [-0.4, -0.2) is 15.7 Å². The van der Waals surface area contributed by atoms with Gasteiger partial charge in [0.25, 0.3) is 0 Å². The SMILES string of the molecule is Cc1ccc2cnc(N)c(N=Nc3ccc(C(=N)CC(C)C)nc3)c2c1. The predicted octanol–water partition coefficient (Wildman–Crippen LogP) is 5.35. The smallest absolute Gasteiger partial charge is 0.151 e. The molecular formula is C20H22N6. The highest BCUT2D eigenvalue weighted by atomic mass is 15.1. The van der Waals surface area contributed by atoms with Crippen LogP contribution >= 0.6 is 0 Å². The Morgan fingerprint density at radius 3 is 2.62 bits per heavy atom. The molecule has 6 heteroatoms. The molecule has 2 heterocycles. The third-order valence-electron chi connectivity index (χ3n) is 3.98. The number of rotatable bonds is 5. The van der Waals surface area contributed by atoms with Crippen LogP contribution in [-0.2, 0) is 0 Å². The van der Waals surface area contributed by atoms with Crippen LogP contribution < -0.4 is 5.73 Å². The Hall–Kier alpha value is -3.15. The van der Waals surface area contributed by atoms with Crippen molar-refractivity contribution in [1.29, 1.82) is 5.41 Å². The number of nitrogens with two attached hydrogens (primary N) is 1. The molecule has 0 aliphatic carbocycles. The van der Waals surface area contributed by atoms with Crippen LogP contribution in [0.1, 0.15) is 31.5 Å². The largest absolute Gasteiger partial charge is 0.382 e. The van der Waals surface area contributed by atoms with E-state index < -0.39 is 0 Å². The van der Waals surface area contributed by atoms with Gasteiger partial charge < -0.3 is 11.1 Å². The van der Waals surface area contributed by atoms with Gasteiger partial charge >= 0.3 is 0 Å². The fraction of sp³-hybridized carbons (Fsp3) is 0.250. The molecular weight excluding hydrogens is 324 g/mol. The van der Waals surface area contributed by atoms with E-state index in [0.717, 1.165) is 16.3 Å². The summed E-state index contributed by atoms with van der Waals surface area (Å²) < 4.78 is 0. The van der Waals surface area contributed by atoms with Crippen molar-refractivity contribution >= 4 is 33.7 Å². The topological polar surface area (TPSA) is 100 Å². The molecule has 0 spiro atoms. The quantitative estimate of drug-likeness (QED) is 0.481. The molecule has 0 unspecified atom stereocenters. The number of aromatic nitrogens is 2.